The van der Waals surface area contributed by atoms with Crippen LogP contribution in [-0.2, 0) is 9.59 Å². The second kappa shape index (κ2) is 21.9. The molecule has 144 valence electrons. The van der Waals surface area contributed by atoms with Gasteiger partial charge in [-0.3, -0.25) is 9.59 Å². The van der Waals surface area contributed by atoms with E-state index in [2.05, 4.69) is 13.8 Å². The fourth-order valence-corrected chi connectivity index (χ4v) is 2.48. The number of carbonyl (C=O) groups is 2. The van der Waals surface area contributed by atoms with Crippen LogP contribution in [0.1, 0.15) is 117 Å². The van der Waals surface area contributed by atoms with Gasteiger partial charge in [-0.05, 0) is 0 Å². The van der Waals surface area contributed by atoms with E-state index in [0.29, 0.717) is 0 Å². The maximum absolute atomic E-state index is 9.64. The van der Waals surface area contributed by atoms with Crippen LogP contribution in [0.5, 0.6) is 0 Å². The van der Waals surface area contributed by atoms with Crippen LogP contribution in [0.3, 0.4) is 0 Å². The molecule has 0 radical (unpaired) electrons. The summed E-state index contributed by atoms with van der Waals surface area (Å²) in [4.78, 5) is 19.3. The maximum Gasteiger partial charge on any atom is 0.303 e. The lowest BCUT2D eigenvalue weighted by Gasteiger charge is -2.02. The third-order valence-corrected chi connectivity index (χ3v) is 4.01. The molecule has 0 unspecified atom stereocenters. The van der Waals surface area contributed by atoms with E-state index in [1.807, 2.05) is 0 Å². The maximum atomic E-state index is 9.64. The lowest BCUT2D eigenvalue weighted by Crippen LogP contribution is -2.00. The Morgan fingerprint density at radius 3 is 0.875 bits per heavy atom. The summed E-state index contributed by atoms with van der Waals surface area (Å²) in [5, 5.41) is 15.8. The third kappa shape index (κ3) is 29.0. The Morgan fingerprint density at radius 2 is 0.708 bits per heavy atom. The summed E-state index contributed by atoms with van der Waals surface area (Å²) in [5.74, 6) is -2.15. The average molecular weight is 345 g/mol. The quantitative estimate of drug-likeness (QED) is 0.317. The van der Waals surface area contributed by atoms with E-state index in [4.69, 9.17) is 10.2 Å². The van der Waals surface area contributed by atoms with Crippen molar-refractivity contribution in [2.45, 2.75) is 117 Å². The summed E-state index contributed by atoms with van der Waals surface area (Å²) < 4.78 is 0. The summed E-state index contributed by atoms with van der Waals surface area (Å²) in [6.45, 7) is 4.58. The van der Waals surface area contributed by atoms with Gasteiger partial charge >= 0.3 is 11.9 Å². The summed E-state index contributed by atoms with van der Waals surface area (Å²) >= 11 is 0. The number of carboxylic acid groups (broad SMARTS) is 2. The topological polar surface area (TPSA) is 74.6 Å². The number of hydrogen-bond donors (Lipinski definition) is 2. The molecule has 0 atom stereocenters. The zero-order valence-corrected chi connectivity index (χ0v) is 16.0. The Morgan fingerprint density at radius 1 is 0.500 bits per heavy atom. The first-order valence-corrected chi connectivity index (χ1v) is 9.98. The molecule has 0 aromatic heterocycles. The van der Waals surface area contributed by atoms with Crippen LogP contribution in [0.4, 0.5) is 0 Å². The standard InChI is InChI=1S/C16H34.C4H6O4/c1-3-5-7-9-11-13-15-16-14-12-10-8-6-4-2;5-3(6)1-2-4(7)8/h3-16H2,1-2H3;1-2H2,(H,5,6)(H,7,8). The molecule has 0 saturated carbocycles. The van der Waals surface area contributed by atoms with Crippen LogP contribution in [0.25, 0.3) is 0 Å². The minimum absolute atomic E-state index is 0.296. The smallest absolute Gasteiger partial charge is 0.303 e. The molecule has 0 bridgehead atoms. The van der Waals surface area contributed by atoms with Gasteiger partial charge in [-0.25, -0.2) is 0 Å². The molecule has 0 amide bonds. The first-order chi connectivity index (χ1) is 11.5. The molecule has 0 fully saturated rings. The van der Waals surface area contributed by atoms with Gasteiger partial charge in [0.2, 0.25) is 0 Å². The normalized spacial score (nSPS) is 10.1. The molecular weight excluding hydrogens is 304 g/mol. The highest BCUT2D eigenvalue weighted by Gasteiger charge is 2.00. The molecule has 0 rings (SSSR count). The Hall–Kier alpha value is -1.06. The van der Waals surface area contributed by atoms with E-state index < -0.39 is 11.9 Å². The van der Waals surface area contributed by atoms with E-state index >= 15 is 0 Å². The molecule has 0 aliphatic rings. The Bertz CT molecular complexity index is 249. The summed E-state index contributed by atoms with van der Waals surface area (Å²) in [5.41, 5.74) is 0. The van der Waals surface area contributed by atoms with Crippen molar-refractivity contribution in [3.63, 3.8) is 0 Å². The Kier molecular flexibility index (Phi) is 23.0. The highest BCUT2D eigenvalue weighted by Crippen LogP contribution is 2.12. The predicted octanol–water partition coefficient (Wildman–Crippen LogP) is 6.42. The van der Waals surface area contributed by atoms with Gasteiger partial charge in [-0.15, -0.1) is 0 Å². The number of rotatable bonds is 16. The second-order valence-corrected chi connectivity index (χ2v) is 6.53. The van der Waals surface area contributed by atoms with E-state index in [1.54, 1.807) is 0 Å². The van der Waals surface area contributed by atoms with E-state index in [-0.39, 0.29) is 12.8 Å². The molecule has 0 heterocycles. The zero-order valence-electron chi connectivity index (χ0n) is 16.0. The monoisotopic (exact) mass is 344 g/mol. The number of carboxylic acids is 2. The van der Waals surface area contributed by atoms with Gasteiger partial charge in [0.25, 0.3) is 0 Å². The lowest BCUT2D eigenvalue weighted by molar-refractivity contribution is -0.143. The van der Waals surface area contributed by atoms with E-state index in [1.165, 1.54) is 89.9 Å². The van der Waals surface area contributed by atoms with Crippen molar-refractivity contribution in [1.82, 2.24) is 0 Å². The first-order valence-electron chi connectivity index (χ1n) is 9.98. The van der Waals surface area contributed by atoms with Crippen LogP contribution >= 0.6 is 0 Å². The van der Waals surface area contributed by atoms with Crippen molar-refractivity contribution in [3.05, 3.63) is 0 Å². The molecule has 0 saturated heterocycles. The molecular formula is C20H40O4. The van der Waals surface area contributed by atoms with Crippen molar-refractivity contribution in [1.29, 1.82) is 0 Å². The lowest BCUT2D eigenvalue weighted by atomic mass is 10.0. The second-order valence-electron chi connectivity index (χ2n) is 6.53. The Labute approximate surface area is 149 Å². The predicted molar refractivity (Wildman–Crippen MR) is 100 cm³/mol. The molecule has 24 heavy (non-hydrogen) atoms. The van der Waals surface area contributed by atoms with Gasteiger partial charge in [0, 0.05) is 0 Å². The fourth-order valence-electron chi connectivity index (χ4n) is 2.48. The first kappa shape index (κ1) is 25.2. The summed E-state index contributed by atoms with van der Waals surface area (Å²) in [6, 6.07) is 0. The van der Waals surface area contributed by atoms with Gasteiger partial charge in [-0.1, -0.05) is 104 Å². The van der Waals surface area contributed by atoms with Crippen molar-refractivity contribution >= 4 is 11.9 Å². The molecule has 0 spiro atoms. The van der Waals surface area contributed by atoms with Crippen molar-refractivity contribution in [2.24, 2.45) is 0 Å². The number of aliphatic carboxylic acids is 2. The molecule has 0 aromatic carbocycles. The van der Waals surface area contributed by atoms with Gasteiger partial charge in [0.15, 0.2) is 0 Å². The highest BCUT2D eigenvalue weighted by atomic mass is 16.4. The van der Waals surface area contributed by atoms with Crippen LogP contribution in [0.2, 0.25) is 0 Å². The molecule has 0 aliphatic heterocycles. The fraction of sp³-hybridized carbons (Fsp3) is 0.900. The van der Waals surface area contributed by atoms with Crippen molar-refractivity contribution in [2.75, 3.05) is 0 Å². The molecule has 0 aliphatic carbocycles. The van der Waals surface area contributed by atoms with Crippen LogP contribution in [-0.4, -0.2) is 22.2 Å². The molecule has 2 N–H and O–H groups in total. The van der Waals surface area contributed by atoms with Crippen molar-refractivity contribution < 1.29 is 19.8 Å². The molecule has 4 heteroatoms. The average Bonchev–Trinajstić information content (AvgIpc) is 2.54. The largest absolute Gasteiger partial charge is 0.481 e. The minimum Gasteiger partial charge on any atom is -0.481 e. The van der Waals surface area contributed by atoms with Gasteiger partial charge < -0.3 is 10.2 Å². The number of unbranched alkanes of at least 4 members (excludes halogenated alkanes) is 13. The van der Waals surface area contributed by atoms with Gasteiger partial charge in [0.1, 0.15) is 0 Å². The Balaban J connectivity index is 0. The van der Waals surface area contributed by atoms with E-state index in [0.717, 1.165) is 0 Å². The van der Waals surface area contributed by atoms with Gasteiger partial charge in [0.05, 0.1) is 12.8 Å². The van der Waals surface area contributed by atoms with Gasteiger partial charge in [-0.2, -0.15) is 0 Å². The summed E-state index contributed by atoms with van der Waals surface area (Å²) in [7, 11) is 0. The van der Waals surface area contributed by atoms with Crippen LogP contribution < -0.4 is 0 Å². The third-order valence-electron chi connectivity index (χ3n) is 4.01. The van der Waals surface area contributed by atoms with Crippen LogP contribution in [0, 0.1) is 0 Å². The molecule has 0 aromatic rings. The zero-order chi connectivity index (χ0) is 18.5. The number of hydrogen-bond acceptors (Lipinski definition) is 2. The minimum atomic E-state index is -1.08. The van der Waals surface area contributed by atoms with Crippen molar-refractivity contribution in [3.8, 4) is 0 Å². The van der Waals surface area contributed by atoms with Crippen LogP contribution in [0.15, 0.2) is 0 Å². The summed E-state index contributed by atoms with van der Waals surface area (Å²) in [6.07, 6.45) is 19.8. The SMILES string of the molecule is CCCCCCCCCCCCCCCC.O=C(O)CCC(=O)O. The highest BCUT2D eigenvalue weighted by molar-refractivity contribution is 5.75. The van der Waals surface area contributed by atoms with E-state index in [9.17, 15) is 9.59 Å². The molecule has 4 nitrogen and oxygen atoms in total.